The highest BCUT2D eigenvalue weighted by Gasteiger charge is 2.52. The molecule has 0 saturated heterocycles. The van der Waals surface area contributed by atoms with Crippen molar-refractivity contribution >= 4 is 88.6 Å². The average molecular weight is 1100 g/mol. The molecule has 0 N–H and O–H groups in total. The molecule has 0 atom stereocenters. The zero-order chi connectivity index (χ0) is 57.0. The van der Waals surface area contributed by atoms with Gasteiger partial charge in [-0.05, 0) is 192 Å². The van der Waals surface area contributed by atoms with E-state index in [1.165, 1.54) is 71.6 Å². The minimum atomic E-state index is -0.590. The van der Waals surface area contributed by atoms with Gasteiger partial charge in [-0.15, -0.1) is 0 Å². The third kappa shape index (κ3) is 7.36. The molecule has 17 rings (SSSR count). The van der Waals surface area contributed by atoms with Crippen LogP contribution >= 0.6 is 0 Å². The van der Waals surface area contributed by atoms with Crippen LogP contribution in [-0.2, 0) is 5.41 Å². The van der Waals surface area contributed by atoms with Gasteiger partial charge in [-0.25, -0.2) is 0 Å². The van der Waals surface area contributed by atoms with Crippen LogP contribution in [0, 0.1) is 6.92 Å². The van der Waals surface area contributed by atoms with E-state index in [0.29, 0.717) is 0 Å². The molecule has 13 aromatic carbocycles. The Bertz CT molecular complexity index is 5220. The van der Waals surface area contributed by atoms with Gasteiger partial charge in [0.05, 0.1) is 16.8 Å². The molecule has 0 unspecified atom stereocenters. The molecular weight excluding hydrogens is 1040 g/mol. The topological polar surface area (TPSA) is 32.8 Å². The molecule has 15 aromatic rings. The molecule has 1 spiro atoms. The minimum Gasteiger partial charge on any atom is -0.454 e. The van der Waals surface area contributed by atoms with Crippen LogP contribution in [0.1, 0.15) is 33.6 Å². The molecule has 4 heteroatoms. The van der Waals surface area contributed by atoms with Gasteiger partial charge < -0.3 is 18.6 Å². The van der Waals surface area contributed by atoms with E-state index in [1.54, 1.807) is 0 Å². The molecular formula is C82H54N2O2. The zero-order valence-corrected chi connectivity index (χ0v) is 47.2. The van der Waals surface area contributed by atoms with Crippen LogP contribution in [-0.4, -0.2) is 0 Å². The van der Waals surface area contributed by atoms with Gasteiger partial charge in [-0.2, -0.15) is 0 Å². The first kappa shape index (κ1) is 49.4. The van der Waals surface area contributed by atoms with Crippen molar-refractivity contribution < 1.29 is 8.83 Å². The fraction of sp³-hybridized carbons (Fsp3) is 0.0244. The normalized spacial score (nSPS) is 12.9. The monoisotopic (exact) mass is 1100 g/mol. The number of furan rings is 2. The molecule has 404 valence electrons. The number of fused-ring (bicyclic) bond motifs is 17. The van der Waals surface area contributed by atoms with E-state index in [4.69, 9.17) is 8.83 Å². The first-order valence-corrected chi connectivity index (χ1v) is 29.5. The predicted octanol–water partition coefficient (Wildman–Crippen LogP) is 22.5. The maximum Gasteiger partial charge on any atom is 0.159 e. The van der Waals surface area contributed by atoms with E-state index < -0.39 is 5.41 Å². The van der Waals surface area contributed by atoms with Gasteiger partial charge in [-0.1, -0.05) is 207 Å². The maximum absolute atomic E-state index is 6.67. The van der Waals surface area contributed by atoms with Gasteiger partial charge >= 0.3 is 0 Å². The number of rotatable bonds is 10. The highest BCUT2D eigenvalue weighted by atomic mass is 16.3. The largest absolute Gasteiger partial charge is 0.454 e. The second-order valence-corrected chi connectivity index (χ2v) is 22.7. The number of benzene rings is 13. The molecule has 0 bridgehead atoms. The first-order chi connectivity index (χ1) is 42.5. The molecule has 2 aliphatic carbocycles. The van der Waals surface area contributed by atoms with E-state index in [-0.39, 0.29) is 0 Å². The first-order valence-electron chi connectivity index (χ1n) is 29.5. The Kier molecular flexibility index (Phi) is 11.2. The Morgan fingerprint density at radius 2 is 0.942 bits per heavy atom. The lowest BCUT2D eigenvalue weighted by Gasteiger charge is -2.31. The summed E-state index contributed by atoms with van der Waals surface area (Å²) in [6.07, 6.45) is 3.89. The fourth-order valence-corrected chi connectivity index (χ4v) is 14.4. The Morgan fingerprint density at radius 3 is 1.65 bits per heavy atom. The summed E-state index contributed by atoms with van der Waals surface area (Å²) in [6.45, 7) is 6.29. The number of nitrogens with zero attached hydrogens (tertiary/aromatic N) is 2. The lowest BCUT2D eigenvalue weighted by Crippen LogP contribution is -2.26. The van der Waals surface area contributed by atoms with Crippen molar-refractivity contribution in [3.63, 3.8) is 0 Å². The number of para-hydroxylation sites is 5. The molecule has 2 aliphatic rings. The van der Waals surface area contributed by atoms with Gasteiger partial charge in [0.15, 0.2) is 11.3 Å². The summed E-state index contributed by atoms with van der Waals surface area (Å²) in [5.41, 5.74) is 24.1. The lowest BCUT2D eigenvalue weighted by atomic mass is 9.69. The molecule has 0 aliphatic heterocycles. The number of allylic oxidation sites excluding steroid dienone is 2. The van der Waals surface area contributed by atoms with E-state index in [0.717, 1.165) is 95.1 Å². The smallest absolute Gasteiger partial charge is 0.159 e. The zero-order valence-electron chi connectivity index (χ0n) is 47.2. The predicted molar refractivity (Wildman–Crippen MR) is 358 cm³/mol. The second kappa shape index (κ2) is 19.5. The molecule has 4 nitrogen and oxygen atoms in total. The summed E-state index contributed by atoms with van der Waals surface area (Å²) in [7, 11) is 0. The SMILES string of the molecule is C=C/C=C(\c1oc2ccccc2c1C)N(c1ccccc1)c1ccc(-c2ccc3cc4c(cc3c2)C2(c3ccccc3-c3ccccc32)c2cc(-c3ccc(N(c5ccccc5)c5cccc6c5oc5ccccc56)cc3)c3ccccc3c2-4)cc1. The Balaban J connectivity index is 0.807. The summed E-state index contributed by atoms with van der Waals surface area (Å²) in [5.74, 6) is 0.812. The maximum atomic E-state index is 6.67. The van der Waals surface area contributed by atoms with Gasteiger partial charge in [0, 0.05) is 44.5 Å². The Hall–Kier alpha value is -11.2. The molecule has 0 fully saturated rings. The van der Waals surface area contributed by atoms with Crippen molar-refractivity contribution in [1.82, 2.24) is 0 Å². The summed E-state index contributed by atoms with van der Waals surface area (Å²) >= 11 is 0. The van der Waals surface area contributed by atoms with E-state index in [9.17, 15) is 0 Å². The molecule has 0 amide bonds. The fourth-order valence-electron chi connectivity index (χ4n) is 14.4. The van der Waals surface area contributed by atoms with Gasteiger partial charge in [0.1, 0.15) is 11.2 Å². The van der Waals surface area contributed by atoms with Crippen molar-refractivity contribution in [2.45, 2.75) is 12.3 Å². The molecule has 0 saturated carbocycles. The van der Waals surface area contributed by atoms with Crippen LogP contribution in [0.2, 0.25) is 0 Å². The third-order valence-electron chi connectivity index (χ3n) is 18.2. The van der Waals surface area contributed by atoms with Gasteiger partial charge in [-0.3, -0.25) is 0 Å². The second-order valence-electron chi connectivity index (χ2n) is 22.7. The number of anilines is 5. The van der Waals surface area contributed by atoms with Crippen LogP contribution in [0.15, 0.2) is 313 Å². The third-order valence-corrected chi connectivity index (χ3v) is 18.2. The summed E-state index contributed by atoms with van der Waals surface area (Å²) in [5, 5.41) is 8.17. The highest BCUT2D eigenvalue weighted by Crippen LogP contribution is 2.65. The molecule has 2 heterocycles. The van der Waals surface area contributed by atoms with Crippen molar-refractivity contribution in [1.29, 1.82) is 0 Å². The van der Waals surface area contributed by atoms with Crippen LogP contribution in [0.25, 0.3) is 105 Å². The highest BCUT2D eigenvalue weighted by molar-refractivity contribution is 6.14. The van der Waals surface area contributed by atoms with Crippen LogP contribution in [0.5, 0.6) is 0 Å². The average Bonchev–Trinajstić information content (AvgIpc) is 1.61. The molecule has 86 heavy (non-hydrogen) atoms. The molecule has 0 radical (unpaired) electrons. The van der Waals surface area contributed by atoms with Crippen molar-refractivity contribution in [3.8, 4) is 44.5 Å². The Labute approximate surface area is 498 Å². The standard InChI is InChI=1S/C82H54N2O2/c1-3-21-75(80-52(2)62-26-14-18-36-77(62)85-80)83(58-22-6-4-7-23-58)60-44-40-53(41-45-60)55-38-39-56-49-70-73(50-57(56)48-55)82(71-33-16-12-28-64(71)65-29-13-17-34-72(65)82)74-51-69(63-27-10-11-31-67(63)79(70)74)54-42-46-61(47-43-54)84(59-24-8-5-9-25-59)76-35-20-32-68-66-30-15-19-37-78(66)86-81(68)76/h3-51H,1H2,2H3/b75-21+. The van der Waals surface area contributed by atoms with E-state index >= 15 is 0 Å². The summed E-state index contributed by atoms with van der Waals surface area (Å²) in [4.78, 5) is 4.59. The van der Waals surface area contributed by atoms with E-state index in [2.05, 4.69) is 290 Å². The van der Waals surface area contributed by atoms with Crippen molar-refractivity contribution in [3.05, 3.63) is 337 Å². The number of hydrogen-bond donors (Lipinski definition) is 0. The quantitative estimate of drug-likeness (QED) is 0.128. The van der Waals surface area contributed by atoms with Crippen LogP contribution in [0.4, 0.5) is 28.4 Å². The van der Waals surface area contributed by atoms with Crippen LogP contribution < -0.4 is 9.80 Å². The summed E-state index contributed by atoms with van der Waals surface area (Å²) in [6, 6.07) is 104. The molecule has 2 aromatic heterocycles. The van der Waals surface area contributed by atoms with Crippen molar-refractivity contribution in [2.24, 2.45) is 0 Å². The summed E-state index contributed by atoms with van der Waals surface area (Å²) < 4.78 is 13.3. The Morgan fingerprint density at radius 1 is 0.384 bits per heavy atom. The number of hydrogen-bond acceptors (Lipinski definition) is 4. The van der Waals surface area contributed by atoms with Crippen molar-refractivity contribution in [2.75, 3.05) is 9.80 Å². The van der Waals surface area contributed by atoms with Crippen LogP contribution in [0.3, 0.4) is 0 Å². The lowest BCUT2D eigenvalue weighted by molar-refractivity contribution is 0.595. The van der Waals surface area contributed by atoms with Gasteiger partial charge in [0.2, 0.25) is 0 Å². The van der Waals surface area contributed by atoms with E-state index in [1.807, 2.05) is 30.4 Å². The number of aryl methyl sites for hydroxylation is 1. The van der Waals surface area contributed by atoms with Gasteiger partial charge in [0.25, 0.3) is 0 Å². The minimum absolute atomic E-state index is 0.590.